The van der Waals surface area contributed by atoms with E-state index in [2.05, 4.69) is 52.1 Å². The second-order valence-corrected chi connectivity index (χ2v) is 10.8. The minimum Gasteiger partial charge on any atom is -0.449 e. The SMILES string of the molecule is CCOC(=O)n1c(SCc2nccc(SCCN3CCc4ccccc4C3)c2C)nc2ccccc21. The van der Waals surface area contributed by atoms with Crippen LogP contribution in [-0.4, -0.2) is 51.0 Å². The number of hydrogen-bond acceptors (Lipinski definition) is 7. The molecule has 5 rings (SSSR count). The molecule has 0 unspecified atom stereocenters. The van der Waals surface area contributed by atoms with Crippen molar-refractivity contribution in [1.29, 1.82) is 0 Å². The van der Waals surface area contributed by atoms with Gasteiger partial charge in [0.1, 0.15) is 0 Å². The summed E-state index contributed by atoms with van der Waals surface area (Å²) in [4.78, 5) is 25.8. The van der Waals surface area contributed by atoms with Gasteiger partial charge in [0.2, 0.25) is 0 Å². The normalized spacial score (nSPS) is 13.6. The van der Waals surface area contributed by atoms with Gasteiger partial charge >= 0.3 is 6.09 Å². The molecule has 0 radical (unpaired) electrons. The van der Waals surface area contributed by atoms with Crippen molar-refractivity contribution in [2.45, 2.75) is 42.6 Å². The Morgan fingerprint density at radius 2 is 1.86 bits per heavy atom. The number of aromatic nitrogens is 3. The highest BCUT2D eigenvalue weighted by atomic mass is 32.2. The second-order valence-electron chi connectivity index (χ2n) is 8.73. The lowest BCUT2D eigenvalue weighted by atomic mass is 10.0. The molecule has 0 amide bonds. The van der Waals surface area contributed by atoms with Crippen molar-refractivity contribution in [3.63, 3.8) is 0 Å². The van der Waals surface area contributed by atoms with Crippen LogP contribution in [0.1, 0.15) is 29.3 Å². The Bertz CT molecular complexity index is 1370. The zero-order valence-electron chi connectivity index (χ0n) is 20.6. The Morgan fingerprint density at radius 3 is 2.72 bits per heavy atom. The van der Waals surface area contributed by atoms with Crippen LogP contribution in [0.4, 0.5) is 4.79 Å². The minimum absolute atomic E-state index is 0.319. The molecular weight excluding hydrogens is 488 g/mol. The highest BCUT2D eigenvalue weighted by Crippen LogP contribution is 2.30. The number of nitrogens with zero attached hydrogens (tertiary/aromatic N) is 4. The Kier molecular flexibility index (Phi) is 7.94. The van der Waals surface area contributed by atoms with Crippen LogP contribution in [0.2, 0.25) is 0 Å². The first kappa shape index (κ1) is 24.9. The molecule has 8 heteroatoms. The molecule has 0 atom stereocenters. The number of fused-ring (bicyclic) bond motifs is 2. The van der Waals surface area contributed by atoms with Crippen molar-refractivity contribution in [3.8, 4) is 0 Å². The summed E-state index contributed by atoms with van der Waals surface area (Å²) in [5.41, 5.74) is 6.69. The largest absolute Gasteiger partial charge is 0.449 e. The maximum Gasteiger partial charge on any atom is 0.420 e. The molecule has 0 saturated carbocycles. The van der Waals surface area contributed by atoms with Gasteiger partial charge in [-0.05, 0) is 55.2 Å². The summed E-state index contributed by atoms with van der Waals surface area (Å²) >= 11 is 3.40. The molecule has 186 valence electrons. The predicted molar refractivity (Wildman–Crippen MR) is 147 cm³/mol. The number of carbonyl (C=O) groups excluding carboxylic acids is 1. The lowest BCUT2D eigenvalue weighted by Crippen LogP contribution is -2.32. The van der Waals surface area contributed by atoms with Gasteiger partial charge in [0.15, 0.2) is 5.16 Å². The summed E-state index contributed by atoms with van der Waals surface area (Å²) in [6.07, 6.45) is 2.62. The number of benzene rings is 2. The summed E-state index contributed by atoms with van der Waals surface area (Å²) in [7, 11) is 0. The fourth-order valence-corrected chi connectivity index (χ4v) is 6.57. The van der Waals surface area contributed by atoms with E-state index in [1.54, 1.807) is 4.57 Å². The van der Waals surface area contributed by atoms with Crippen LogP contribution in [-0.2, 0) is 23.5 Å². The Balaban J connectivity index is 1.23. The molecule has 0 saturated heterocycles. The van der Waals surface area contributed by atoms with Crippen LogP contribution < -0.4 is 0 Å². The molecule has 2 aromatic carbocycles. The van der Waals surface area contributed by atoms with E-state index < -0.39 is 6.09 Å². The Labute approximate surface area is 220 Å². The van der Waals surface area contributed by atoms with E-state index in [0.29, 0.717) is 17.5 Å². The third kappa shape index (κ3) is 5.45. The van der Waals surface area contributed by atoms with Crippen molar-refractivity contribution in [3.05, 3.63) is 83.2 Å². The Hall–Kier alpha value is -2.81. The van der Waals surface area contributed by atoms with Crippen LogP contribution in [0.3, 0.4) is 0 Å². The lowest BCUT2D eigenvalue weighted by Gasteiger charge is -2.28. The van der Waals surface area contributed by atoms with E-state index >= 15 is 0 Å². The van der Waals surface area contributed by atoms with Gasteiger partial charge in [-0.2, -0.15) is 0 Å². The van der Waals surface area contributed by atoms with Crippen molar-refractivity contribution in [1.82, 2.24) is 19.4 Å². The highest BCUT2D eigenvalue weighted by molar-refractivity contribution is 7.99. The van der Waals surface area contributed by atoms with Crippen LogP contribution in [0.5, 0.6) is 0 Å². The van der Waals surface area contributed by atoms with Crippen molar-refractivity contribution < 1.29 is 9.53 Å². The third-order valence-corrected chi connectivity index (χ3v) is 8.54. The van der Waals surface area contributed by atoms with Crippen LogP contribution in [0.15, 0.2) is 70.8 Å². The van der Waals surface area contributed by atoms with Gasteiger partial charge in [0.25, 0.3) is 0 Å². The van der Waals surface area contributed by atoms with E-state index in [9.17, 15) is 4.79 Å². The van der Waals surface area contributed by atoms with Crippen molar-refractivity contribution in [2.24, 2.45) is 0 Å². The molecule has 4 aromatic rings. The average molecular weight is 519 g/mol. The predicted octanol–water partition coefficient (Wildman–Crippen LogP) is 6.19. The zero-order chi connectivity index (χ0) is 24.9. The first-order chi connectivity index (χ1) is 17.6. The van der Waals surface area contributed by atoms with Crippen molar-refractivity contribution in [2.75, 3.05) is 25.4 Å². The van der Waals surface area contributed by atoms with E-state index in [1.165, 1.54) is 33.3 Å². The van der Waals surface area contributed by atoms with Gasteiger partial charge in [-0.25, -0.2) is 14.3 Å². The fourth-order valence-electron chi connectivity index (χ4n) is 4.49. The quantitative estimate of drug-likeness (QED) is 0.258. The fraction of sp³-hybridized carbons (Fsp3) is 0.321. The second kappa shape index (κ2) is 11.5. The van der Waals surface area contributed by atoms with E-state index in [-0.39, 0.29) is 0 Å². The number of rotatable bonds is 8. The summed E-state index contributed by atoms with van der Waals surface area (Å²) in [5.74, 6) is 1.67. The summed E-state index contributed by atoms with van der Waals surface area (Å²) in [6, 6.07) is 18.5. The monoisotopic (exact) mass is 518 g/mol. The lowest BCUT2D eigenvalue weighted by molar-refractivity contribution is 0.152. The summed E-state index contributed by atoms with van der Waals surface area (Å²) in [5, 5.41) is 0.624. The number of pyridine rings is 1. The number of ether oxygens (including phenoxy) is 1. The van der Waals surface area contributed by atoms with E-state index in [0.717, 1.165) is 48.5 Å². The topological polar surface area (TPSA) is 60.3 Å². The molecular formula is C28H30N4O2S2. The van der Waals surface area contributed by atoms with Gasteiger partial charge in [0.05, 0.1) is 23.3 Å². The molecule has 0 fully saturated rings. The van der Waals surface area contributed by atoms with Gasteiger partial charge < -0.3 is 4.74 Å². The van der Waals surface area contributed by atoms with Gasteiger partial charge in [-0.3, -0.25) is 9.88 Å². The molecule has 0 aliphatic carbocycles. The third-order valence-electron chi connectivity index (χ3n) is 6.45. The summed E-state index contributed by atoms with van der Waals surface area (Å²) < 4.78 is 6.86. The molecule has 6 nitrogen and oxygen atoms in total. The smallest absolute Gasteiger partial charge is 0.420 e. The van der Waals surface area contributed by atoms with Gasteiger partial charge in [0, 0.05) is 42.2 Å². The molecule has 0 N–H and O–H groups in total. The van der Waals surface area contributed by atoms with Crippen LogP contribution in [0.25, 0.3) is 11.0 Å². The van der Waals surface area contributed by atoms with E-state index in [4.69, 9.17) is 4.74 Å². The van der Waals surface area contributed by atoms with Crippen LogP contribution >= 0.6 is 23.5 Å². The van der Waals surface area contributed by atoms with Crippen molar-refractivity contribution >= 4 is 40.7 Å². The van der Waals surface area contributed by atoms with E-state index in [1.807, 2.05) is 49.1 Å². The molecule has 1 aliphatic heterocycles. The molecule has 1 aliphatic rings. The maximum absolute atomic E-state index is 12.7. The molecule has 0 bridgehead atoms. The first-order valence-electron chi connectivity index (χ1n) is 12.3. The average Bonchev–Trinajstić information content (AvgIpc) is 3.27. The number of thioether (sulfide) groups is 2. The van der Waals surface area contributed by atoms with Crippen LogP contribution in [0, 0.1) is 6.92 Å². The summed E-state index contributed by atoms with van der Waals surface area (Å²) in [6.45, 7) is 7.49. The van der Waals surface area contributed by atoms with Gasteiger partial charge in [-0.15, -0.1) is 11.8 Å². The first-order valence-corrected chi connectivity index (χ1v) is 14.2. The number of imidazole rings is 1. The zero-order valence-corrected chi connectivity index (χ0v) is 22.3. The molecule has 3 heterocycles. The maximum atomic E-state index is 12.7. The van der Waals surface area contributed by atoms with Gasteiger partial charge in [-0.1, -0.05) is 48.2 Å². The number of para-hydroxylation sites is 2. The highest BCUT2D eigenvalue weighted by Gasteiger charge is 2.19. The number of carbonyl (C=O) groups is 1. The molecule has 0 spiro atoms. The standard InChI is InChI=1S/C28H30N4O2S2/c1-3-34-28(33)32-25-11-7-6-10-23(25)30-27(32)36-19-24-20(2)26(12-14-29-24)35-17-16-31-15-13-21-8-4-5-9-22(21)18-31/h4-12,14H,3,13,15-19H2,1-2H3. The Morgan fingerprint density at radius 1 is 1.06 bits per heavy atom. The number of hydrogen-bond donors (Lipinski definition) is 0. The molecule has 2 aromatic heterocycles. The molecule has 36 heavy (non-hydrogen) atoms. The minimum atomic E-state index is -0.400.